The van der Waals surface area contributed by atoms with Gasteiger partial charge in [0.2, 0.25) is 0 Å². The van der Waals surface area contributed by atoms with Gasteiger partial charge in [-0.05, 0) is 12.3 Å². The van der Waals surface area contributed by atoms with E-state index in [-0.39, 0.29) is 32.7 Å². The Morgan fingerprint density at radius 3 is 1.50 bits per heavy atom. The number of rotatable bonds is 1. The molecule has 1 atom stereocenters. The third-order valence-electron chi connectivity index (χ3n) is 0.577. The van der Waals surface area contributed by atoms with Crippen LogP contribution in [-0.4, -0.2) is 12.3 Å². The van der Waals surface area contributed by atoms with Gasteiger partial charge in [-0.15, -0.1) is 8.58 Å². The average molecular weight is 179 g/mol. The van der Waals surface area contributed by atoms with Gasteiger partial charge in [0.15, 0.2) is 0 Å². The maximum Gasteiger partial charge on any atom is 0 e. The molecule has 1 radical (unpaired) electrons. The smallest absolute Gasteiger partial charge is 0 e. The molecule has 0 spiro atoms. The molecule has 2 heteroatoms. The average Bonchev–Trinajstić information content (AvgIpc) is 1.38. The summed E-state index contributed by atoms with van der Waals surface area (Å²) in [6.45, 7) is 6.70. The van der Waals surface area contributed by atoms with Crippen LogP contribution in [0.1, 0.15) is 13.8 Å². The first-order valence-corrected chi connectivity index (χ1v) is 3.52. The van der Waals surface area contributed by atoms with Gasteiger partial charge in [-0.1, -0.05) is 13.8 Å². The predicted molar refractivity (Wildman–Crippen MR) is 29.4 cm³/mol. The zero-order valence-corrected chi connectivity index (χ0v) is 8.49. The summed E-state index contributed by atoms with van der Waals surface area (Å²) in [5.74, 6) is 0. The molecule has 0 bridgehead atoms. The van der Waals surface area contributed by atoms with Gasteiger partial charge in [0.1, 0.15) is 0 Å². The van der Waals surface area contributed by atoms with Gasteiger partial charge in [0.05, 0.1) is 0 Å². The van der Waals surface area contributed by atoms with Crippen LogP contribution in [0.3, 0.4) is 0 Å². The molecular formula is C4H11PY. The Hall–Kier alpha value is 1.53. The molecule has 0 aliphatic rings. The van der Waals surface area contributed by atoms with Gasteiger partial charge in [-0.2, -0.15) is 0 Å². The standard InChI is InChI=1S/C4H11P.Y/c1-4(2)5-3;/h4-5H,1-3H3;. The molecule has 0 heterocycles. The summed E-state index contributed by atoms with van der Waals surface area (Å²) < 4.78 is 0. The Morgan fingerprint density at radius 1 is 1.33 bits per heavy atom. The van der Waals surface area contributed by atoms with Gasteiger partial charge >= 0.3 is 0 Å². The summed E-state index contributed by atoms with van der Waals surface area (Å²) in [7, 11) is 1.11. The first-order valence-electron chi connectivity index (χ1n) is 1.94. The molecule has 0 aliphatic heterocycles. The quantitative estimate of drug-likeness (QED) is 0.537. The van der Waals surface area contributed by atoms with Crippen molar-refractivity contribution in [1.29, 1.82) is 0 Å². The van der Waals surface area contributed by atoms with E-state index in [9.17, 15) is 0 Å². The molecule has 0 aromatic carbocycles. The first kappa shape index (κ1) is 10.5. The Labute approximate surface area is 67.1 Å². The summed E-state index contributed by atoms with van der Waals surface area (Å²) in [6.07, 6.45) is 0. The second kappa shape index (κ2) is 6.53. The molecule has 35 valence electrons. The maximum atomic E-state index is 2.23. The third kappa shape index (κ3) is 9.11. The molecule has 0 aliphatic carbocycles. The molecule has 1 unspecified atom stereocenters. The van der Waals surface area contributed by atoms with Gasteiger partial charge in [0, 0.05) is 32.7 Å². The maximum absolute atomic E-state index is 2.23. The van der Waals surface area contributed by atoms with Crippen molar-refractivity contribution in [2.75, 3.05) is 6.66 Å². The molecular weight excluding hydrogens is 168 g/mol. The van der Waals surface area contributed by atoms with E-state index in [0.29, 0.717) is 0 Å². The van der Waals surface area contributed by atoms with Gasteiger partial charge < -0.3 is 0 Å². The molecule has 0 amide bonds. The van der Waals surface area contributed by atoms with Crippen LogP contribution in [0.4, 0.5) is 0 Å². The summed E-state index contributed by atoms with van der Waals surface area (Å²) in [6, 6.07) is 0. The fourth-order valence-corrected chi connectivity index (χ4v) is 0. The van der Waals surface area contributed by atoms with E-state index in [4.69, 9.17) is 0 Å². The number of hydrogen-bond donors (Lipinski definition) is 0. The van der Waals surface area contributed by atoms with E-state index >= 15 is 0 Å². The minimum Gasteiger partial charge on any atom is -0.123 e. The molecule has 6 heavy (non-hydrogen) atoms. The molecule has 0 saturated heterocycles. The van der Waals surface area contributed by atoms with Gasteiger partial charge in [-0.3, -0.25) is 0 Å². The van der Waals surface area contributed by atoms with Crippen molar-refractivity contribution in [1.82, 2.24) is 0 Å². The topological polar surface area (TPSA) is 0 Å². The molecule has 0 aromatic rings. The summed E-state index contributed by atoms with van der Waals surface area (Å²) in [5, 5.41) is 0. The van der Waals surface area contributed by atoms with E-state index < -0.39 is 0 Å². The summed E-state index contributed by atoms with van der Waals surface area (Å²) in [4.78, 5) is 0. The minimum absolute atomic E-state index is 0. The molecule has 0 rings (SSSR count). The van der Waals surface area contributed by atoms with Crippen molar-refractivity contribution >= 4 is 8.58 Å². The van der Waals surface area contributed by atoms with Crippen LogP contribution >= 0.6 is 8.58 Å². The minimum atomic E-state index is 0. The fraction of sp³-hybridized carbons (Fsp3) is 1.00. The summed E-state index contributed by atoms with van der Waals surface area (Å²) >= 11 is 0. The molecule has 0 nitrogen and oxygen atoms in total. The van der Waals surface area contributed by atoms with Crippen molar-refractivity contribution in [2.45, 2.75) is 19.5 Å². The van der Waals surface area contributed by atoms with E-state index in [1.165, 1.54) is 0 Å². The van der Waals surface area contributed by atoms with E-state index in [2.05, 4.69) is 20.5 Å². The van der Waals surface area contributed by atoms with E-state index in [0.717, 1.165) is 14.2 Å². The third-order valence-corrected chi connectivity index (χ3v) is 1.73. The summed E-state index contributed by atoms with van der Waals surface area (Å²) in [5.41, 5.74) is 0.912. The fourth-order valence-electron chi connectivity index (χ4n) is 0. The van der Waals surface area contributed by atoms with Crippen LogP contribution in [-0.2, 0) is 32.7 Å². The SMILES string of the molecule is CPC(C)C.[Y]. The second-order valence-electron chi connectivity index (χ2n) is 1.44. The van der Waals surface area contributed by atoms with Gasteiger partial charge in [-0.25, -0.2) is 0 Å². The normalized spacial score (nSPS) is 10.0. The number of hydrogen-bond acceptors (Lipinski definition) is 0. The van der Waals surface area contributed by atoms with Crippen molar-refractivity contribution in [3.05, 3.63) is 0 Å². The van der Waals surface area contributed by atoms with E-state index in [1.807, 2.05) is 0 Å². The Balaban J connectivity index is 0. The zero-order valence-electron chi connectivity index (χ0n) is 4.65. The Bertz CT molecular complexity index is 21.5. The van der Waals surface area contributed by atoms with Crippen LogP contribution in [0.25, 0.3) is 0 Å². The zero-order chi connectivity index (χ0) is 4.28. The predicted octanol–water partition coefficient (Wildman–Crippen LogP) is 1.70. The van der Waals surface area contributed by atoms with Crippen molar-refractivity contribution in [2.24, 2.45) is 0 Å². The molecule has 0 saturated carbocycles. The van der Waals surface area contributed by atoms with Crippen LogP contribution in [0.2, 0.25) is 0 Å². The van der Waals surface area contributed by atoms with Crippen molar-refractivity contribution in [3.63, 3.8) is 0 Å². The molecule has 0 fully saturated rings. The van der Waals surface area contributed by atoms with Gasteiger partial charge in [0.25, 0.3) is 0 Å². The molecule has 0 aromatic heterocycles. The van der Waals surface area contributed by atoms with Crippen LogP contribution in [0, 0.1) is 0 Å². The Kier molecular flexibility index (Phi) is 11.4. The van der Waals surface area contributed by atoms with Crippen LogP contribution in [0.15, 0.2) is 0 Å². The molecule has 0 N–H and O–H groups in total. The second-order valence-corrected chi connectivity index (χ2v) is 3.18. The van der Waals surface area contributed by atoms with Crippen LogP contribution < -0.4 is 0 Å². The van der Waals surface area contributed by atoms with Crippen LogP contribution in [0.5, 0.6) is 0 Å². The van der Waals surface area contributed by atoms with Crippen molar-refractivity contribution in [3.8, 4) is 0 Å². The largest absolute Gasteiger partial charge is 0.123 e. The first-order chi connectivity index (χ1) is 2.27. The van der Waals surface area contributed by atoms with E-state index in [1.54, 1.807) is 0 Å². The Morgan fingerprint density at radius 2 is 1.50 bits per heavy atom. The monoisotopic (exact) mass is 179 g/mol. The van der Waals surface area contributed by atoms with Crippen molar-refractivity contribution < 1.29 is 32.7 Å².